The Hall–Kier alpha value is -1.07. The van der Waals surface area contributed by atoms with E-state index in [0.29, 0.717) is 18.4 Å². The maximum Gasteiger partial charge on any atom is 0.213 e. The van der Waals surface area contributed by atoms with E-state index in [-0.39, 0.29) is 42.3 Å². The molecule has 1 aliphatic heterocycles. The number of sulfonamides is 1. The Morgan fingerprint density at radius 1 is 1.17 bits per heavy atom. The molecule has 0 spiro atoms. The van der Waals surface area contributed by atoms with Crippen LogP contribution in [0.5, 0.6) is 0 Å². The largest absolute Gasteiger partial charge is 0.369 e. The monoisotopic (exact) mass is 549 g/mol. The summed E-state index contributed by atoms with van der Waals surface area (Å²) in [4.78, 5) is 6.90. The molecule has 1 atom stereocenters. The first kappa shape index (κ1) is 25.2. The van der Waals surface area contributed by atoms with Crippen LogP contribution in [-0.4, -0.2) is 58.9 Å². The highest BCUT2D eigenvalue weighted by molar-refractivity contribution is 14.0. The number of guanidine groups is 1. The van der Waals surface area contributed by atoms with Crippen LogP contribution in [0.4, 0.5) is 5.69 Å². The molecule has 0 bridgehead atoms. The minimum absolute atomic E-state index is 0. The molecule has 1 unspecified atom stereocenters. The zero-order chi connectivity index (χ0) is 20.5. The number of rotatable bonds is 9. The molecule has 3 rings (SSSR count). The molecule has 3 N–H and O–H groups in total. The number of hydrogen-bond acceptors (Lipinski definition) is 4. The Morgan fingerprint density at radius 2 is 1.93 bits per heavy atom. The zero-order valence-corrected chi connectivity index (χ0v) is 21.0. The van der Waals surface area contributed by atoms with Crippen molar-refractivity contribution >= 4 is 45.6 Å². The van der Waals surface area contributed by atoms with Gasteiger partial charge in [0.05, 0.1) is 12.3 Å². The summed E-state index contributed by atoms with van der Waals surface area (Å²) < 4.78 is 27.1. The Morgan fingerprint density at radius 3 is 2.60 bits per heavy atom. The molecule has 2 aliphatic rings. The van der Waals surface area contributed by atoms with Crippen molar-refractivity contribution < 1.29 is 8.42 Å². The Labute approximate surface area is 198 Å². The highest BCUT2D eigenvalue weighted by Crippen LogP contribution is 2.25. The van der Waals surface area contributed by atoms with Gasteiger partial charge in [-0.25, -0.2) is 13.1 Å². The lowest BCUT2D eigenvalue weighted by Crippen LogP contribution is -2.51. The molecular formula is C21H36IN5O2S. The molecule has 1 saturated heterocycles. The summed E-state index contributed by atoms with van der Waals surface area (Å²) in [6, 6.07) is 10.7. The van der Waals surface area contributed by atoms with Gasteiger partial charge >= 0.3 is 0 Å². The second-order valence-electron chi connectivity index (χ2n) is 7.99. The Balaban J connectivity index is 0.00000320. The van der Waals surface area contributed by atoms with Gasteiger partial charge in [0.25, 0.3) is 0 Å². The highest BCUT2D eigenvalue weighted by atomic mass is 127. The topological polar surface area (TPSA) is 85.8 Å². The third-order valence-electron chi connectivity index (χ3n) is 5.67. The summed E-state index contributed by atoms with van der Waals surface area (Å²) in [6.45, 7) is 5.56. The van der Waals surface area contributed by atoms with Gasteiger partial charge in [-0.3, -0.25) is 4.99 Å². The van der Waals surface area contributed by atoms with Gasteiger partial charge in [-0.1, -0.05) is 24.6 Å². The molecule has 0 radical (unpaired) electrons. The molecule has 7 nitrogen and oxygen atoms in total. The van der Waals surface area contributed by atoms with Gasteiger partial charge in [-0.05, 0) is 50.7 Å². The van der Waals surface area contributed by atoms with Crippen LogP contribution in [0.2, 0.25) is 0 Å². The third-order valence-corrected chi connectivity index (χ3v) is 7.00. The summed E-state index contributed by atoms with van der Waals surface area (Å²) in [7, 11) is -3.26. The van der Waals surface area contributed by atoms with Gasteiger partial charge in [0.15, 0.2) is 5.96 Å². The van der Waals surface area contributed by atoms with E-state index in [2.05, 4.69) is 49.5 Å². The number of hydrogen-bond donors (Lipinski definition) is 3. The minimum Gasteiger partial charge on any atom is -0.369 e. The molecule has 1 aromatic carbocycles. The third kappa shape index (κ3) is 8.22. The van der Waals surface area contributed by atoms with E-state index in [1.54, 1.807) is 0 Å². The lowest BCUT2D eigenvalue weighted by atomic mass is 9.86. The van der Waals surface area contributed by atoms with Crippen LogP contribution in [-0.2, 0) is 10.0 Å². The molecule has 1 aromatic rings. The second-order valence-corrected chi connectivity index (χ2v) is 9.92. The van der Waals surface area contributed by atoms with Crippen molar-refractivity contribution in [2.75, 3.05) is 43.4 Å². The fourth-order valence-corrected chi connectivity index (χ4v) is 4.74. The molecule has 0 amide bonds. The van der Waals surface area contributed by atoms with Gasteiger partial charge in [-0.15, -0.1) is 24.0 Å². The first-order valence-corrected chi connectivity index (χ1v) is 12.5. The quantitative estimate of drug-likeness (QED) is 0.251. The van der Waals surface area contributed by atoms with Crippen molar-refractivity contribution in [3.63, 3.8) is 0 Å². The van der Waals surface area contributed by atoms with Crippen LogP contribution in [0.25, 0.3) is 0 Å². The molecule has 2 fully saturated rings. The van der Waals surface area contributed by atoms with E-state index < -0.39 is 10.0 Å². The lowest BCUT2D eigenvalue weighted by Gasteiger charge is -2.35. The molecule has 1 heterocycles. The van der Waals surface area contributed by atoms with E-state index in [1.807, 2.05) is 13.0 Å². The molecule has 9 heteroatoms. The number of anilines is 1. The number of halogens is 1. The van der Waals surface area contributed by atoms with E-state index in [4.69, 9.17) is 0 Å². The normalized spacial score (nSPS) is 20.2. The van der Waals surface area contributed by atoms with Gasteiger partial charge < -0.3 is 15.5 Å². The van der Waals surface area contributed by atoms with Crippen LogP contribution in [0.15, 0.2) is 35.3 Å². The SMILES string of the molecule is CCNC(=NCCS(=O)(=O)NCC1CCC1)NC1CCCN(c2ccccc2)C1.I. The summed E-state index contributed by atoms with van der Waals surface area (Å²) in [5.74, 6) is 1.24. The molecular weight excluding hydrogens is 513 g/mol. The molecule has 1 saturated carbocycles. The average Bonchev–Trinajstić information content (AvgIpc) is 2.67. The number of nitrogens with one attached hydrogen (secondary N) is 3. The Kier molecular flexibility index (Phi) is 10.7. The van der Waals surface area contributed by atoms with Crippen LogP contribution in [0, 0.1) is 5.92 Å². The predicted molar refractivity (Wildman–Crippen MR) is 135 cm³/mol. The molecule has 170 valence electrons. The van der Waals surface area contributed by atoms with Crippen LogP contribution in [0.3, 0.4) is 0 Å². The van der Waals surface area contributed by atoms with Crippen molar-refractivity contribution in [2.24, 2.45) is 10.9 Å². The second kappa shape index (κ2) is 12.7. The predicted octanol–water partition coefficient (Wildman–Crippen LogP) is 2.55. The standard InChI is InChI=1S/C21H35N5O2S.HI/c1-2-22-21(23-13-15-29(27,28)24-16-18-8-6-9-18)25-19-10-7-14-26(17-19)20-11-4-3-5-12-20;/h3-5,11-12,18-19,24H,2,6-10,13-17H2,1H3,(H2,22,23,25);1H. The first-order valence-electron chi connectivity index (χ1n) is 10.9. The lowest BCUT2D eigenvalue weighted by molar-refractivity contribution is 0.316. The van der Waals surface area contributed by atoms with Crippen molar-refractivity contribution in [1.82, 2.24) is 15.4 Å². The van der Waals surface area contributed by atoms with Gasteiger partial charge in [-0.2, -0.15) is 0 Å². The fourth-order valence-electron chi connectivity index (χ4n) is 3.77. The number of aliphatic imine (C=N–C) groups is 1. The molecule has 0 aromatic heterocycles. The van der Waals surface area contributed by atoms with E-state index >= 15 is 0 Å². The summed E-state index contributed by atoms with van der Waals surface area (Å²) in [5, 5.41) is 6.74. The smallest absolute Gasteiger partial charge is 0.213 e. The number of piperidine rings is 1. The van der Waals surface area contributed by atoms with Gasteiger partial charge in [0, 0.05) is 37.9 Å². The summed E-state index contributed by atoms with van der Waals surface area (Å²) >= 11 is 0. The maximum atomic E-state index is 12.2. The summed E-state index contributed by atoms with van der Waals surface area (Å²) in [5.41, 5.74) is 1.24. The molecule has 1 aliphatic carbocycles. The number of benzene rings is 1. The van der Waals surface area contributed by atoms with Crippen molar-refractivity contribution in [3.05, 3.63) is 30.3 Å². The maximum absolute atomic E-state index is 12.2. The minimum atomic E-state index is -3.26. The van der Waals surface area contributed by atoms with E-state index in [1.165, 1.54) is 12.1 Å². The van der Waals surface area contributed by atoms with E-state index in [0.717, 1.165) is 45.3 Å². The van der Waals surface area contributed by atoms with Crippen LogP contribution in [0.1, 0.15) is 39.0 Å². The molecule has 30 heavy (non-hydrogen) atoms. The zero-order valence-electron chi connectivity index (χ0n) is 17.8. The fraction of sp³-hybridized carbons (Fsp3) is 0.667. The van der Waals surface area contributed by atoms with Crippen molar-refractivity contribution in [3.8, 4) is 0 Å². The van der Waals surface area contributed by atoms with Crippen molar-refractivity contribution in [2.45, 2.75) is 45.1 Å². The van der Waals surface area contributed by atoms with Crippen LogP contribution >= 0.6 is 24.0 Å². The number of para-hydroxylation sites is 1. The van der Waals surface area contributed by atoms with Gasteiger partial charge in [0.1, 0.15) is 0 Å². The summed E-state index contributed by atoms with van der Waals surface area (Å²) in [6.07, 6.45) is 5.69. The Bertz CT molecular complexity index is 756. The highest BCUT2D eigenvalue weighted by Gasteiger charge is 2.22. The van der Waals surface area contributed by atoms with Crippen LogP contribution < -0.4 is 20.3 Å². The average molecular weight is 550 g/mol. The number of nitrogens with zero attached hydrogens (tertiary/aromatic N) is 2. The van der Waals surface area contributed by atoms with E-state index in [9.17, 15) is 8.42 Å². The first-order chi connectivity index (χ1) is 14.1. The van der Waals surface area contributed by atoms with Gasteiger partial charge in [0.2, 0.25) is 10.0 Å². The van der Waals surface area contributed by atoms with Crippen molar-refractivity contribution in [1.29, 1.82) is 0 Å².